The summed E-state index contributed by atoms with van der Waals surface area (Å²) < 4.78 is 2.31. The monoisotopic (exact) mass is 412 g/mol. The topological polar surface area (TPSA) is 59.8 Å². The number of nitrogens with zero attached hydrogens (tertiary/aromatic N) is 3. The lowest BCUT2D eigenvalue weighted by Gasteiger charge is -2.26. The van der Waals surface area contributed by atoms with Crippen LogP contribution in [-0.4, -0.2) is 32.5 Å². The molecule has 1 N–H and O–H groups in total. The molecule has 2 saturated carbocycles. The lowest BCUT2D eigenvalue weighted by molar-refractivity contribution is -0.118. The highest BCUT2D eigenvalue weighted by atomic mass is 32.2. The molecule has 0 spiro atoms. The first-order chi connectivity index (χ1) is 13.9. The fourth-order valence-corrected chi connectivity index (χ4v) is 4.80. The van der Waals surface area contributed by atoms with Crippen LogP contribution in [0.25, 0.3) is 11.4 Å². The molecule has 1 heterocycles. The second-order valence-electron chi connectivity index (χ2n) is 9.43. The van der Waals surface area contributed by atoms with E-state index in [-0.39, 0.29) is 11.3 Å². The zero-order chi connectivity index (χ0) is 20.4. The van der Waals surface area contributed by atoms with Gasteiger partial charge >= 0.3 is 0 Å². The fourth-order valence-electron chi connectivity index (χ4n) is 3.99. The quantitative estimate of drug-likeness (QED) is 0.669. The van der Waals surface area contributed by atoms with Crippen molar-refractivity contribution >= 4 is 17.7 Å². The Morgan fingerprint density at radius 1 is 1.07 bits per heavy atom. The first-order valence-electron chi connectivity index (χ1n) is 10.9. The lowest BCUT2D eigenvalue weighted by atomic mass is 9.86. The molecular formula is C23H32N4OS. The van der Waals surface area contributed by atoms with Crippen molar-refractivity contribution in [1.82, 2.24) is 20.1 Å². The van der Waals surface area contributed by atoms with E-state index in [1.54, 1.807) is 0 Å². The van der Waals surface area contributed by atoms with Gasteiger partial charge in [0.25, 0.3) is 0 Å². The molecule has 5 nitrogen and oxygen atoms in total. The predicted molar refractivity (Wildman–Crippen MR) is 118 cm³/mol. The van der Waals surface area contributed by atoms with Crippen molar-refractivity contribution < 1.29 is 4.79 Å². The number of amides is 1. The van der Waals surface area contributed by atoms with Crippen molar-refractivity contribution in [2.24, 2.45) is 0 Å². The van der Waals surface area contributed by atoms with E-state index < -0.39 is 0 Å². The zero-order valence-corrected chi connectivity index (χ0v) is 18.6. The first kappa shape index (κ1) is 20.5. The molecular weight excluding hydrogens is 380 g/mol. The minimum Gasteiger partial charge on any atom is -0.353 e. The van der Waals surface area contributed by atoms with Crippen molar-refractivity contribution in [2.45, 2.75) is 88.4 Å². The summed E-state index contributed by atoms with van der Waals surface area (Å²) in [4.78, 5) is 12.2. The summed E-state index contributed by atoms with van der Waals surface area (Å²) in [6.07, 6.45) is 8.35. The van der Waals surface area contributed by atoms with Crippen LogP contribution in [0.4, 0.5) is 0 Å². The SMILES string of the molecule is CC(C)(C)c1ccc(-c2nnc(SCC(=O)NC3CC3)n2C2CCCCC2)cc1. The molecule has 2 aliphatic carbocycles. The summed E-state index contributed by atoms with van der Waals surface area (Å²) in [6, 6.07) is 9.55. The fraction of sp³-hybridized carbons (Fsp3) is 0.609. The summed E-state index contributed by atoms with van der Waals surface area (Å²) in [5.74, 6) is 1.44. The Balaban J connectivity index is 1.58. The highest BCUT2D eigenvalue weighted by Gasteiger charge is 2.26. The molecule has 156 valence electrons. The van der Waals surface area contributed by atoms with Crippen LogP contribution >= 0.6 is 11.8 Å². The van der Waals surface area contributed by atoms with Gasteiger partial charge in [0.1, 0.15) is 0 Å². The minimum atomic E-state index is 0.103. The molecule has 1 amide bonds. The molecule has 0 bridgehead atoms. The lowest BCUT2D eigenvalue weighted by Crippen LogP contribution is -2.27. The number of carbonyl (C=O) groups is 1. The number of aromatic nitrogens is 3. The maximum absolute atomic E-state index is 12.2. The van der Waals surface area contributed by atoms with Gasteiger partial charge in [0, 0.05) is 17.6 Å². The number of hydrogen-bond donors (Lipinski definition) is 1. The van der Waals surface area contributed by atoms with Gasteiger partial charge in [0.15, 0.2) is 11.0 Å². The van der Waals surface area contributed by atoms with Crippen LogP contribution in [-0.2, 0) is 10.2 Å². The molecule has 0 saturated heterocycles. The van der Waals surface area contributed by atoms with E-state index in [2.05, 4.69) is 65.1 Å². The molecule has 2 aromatic rings. The Morgan fingerprint density at radius 2 is 1.76 bits per heavy atom. The van der Waals surface area contributed by atoms with Crippen molar-refractivity contribution in [2.75, 3.05) is 5.75 Å². The van der Waals surface area contributed by atoms with E-state index in [4.69, 9.17) is 0 Å². The van der Waals surface area contributed by atoms with E-state index in [0.29, 0.717) is 17.8 Å². The third-order valence-corrected chi connectivity index (χ3v) is 6.83. The van der Waals surface area contributed by atoms with Crippen LogP contribution in [0, 0.1) is 0 Å². The van der Waals surface area contributed by atoms with Gasteiger partial charge in [-0.1, -0.05) is 76.1 Å². The molecule has 1 aromatic carbocycles. The van der Waals surface area contributed by atoms with Crippen molar-refractivity contribution in [3.05, 3.63) is 29.8 Å². The molecule has 0 aliphatic heterocycles. The van der Waals surface area contributed by atoms with E-state index in [1.807, 2.05) is 0 Å². The molecule has 0 unspecified atom stereocenters. The standard InChI is InChI=1S/C23H32N4OS/c1-23(2,3)17-11-9-16(10-12-17)21-25-26-22(27(21)19-7-5-4-6-8-19)29-15-20(28)24-18-13-14-18/h9-12,18-19H,4-8,13-15H2,1-3H3,(H,24,28). The number of nitrogens with one attached hydrogen (secondary N) is 1. The summed E-state index contributed by atoms with van der Waals surface area (Å²) >= 11 is 1.52. The van der Waals surface area contributed by atoms with Gasteiger partial charge in [0.05, 0.1) is 5.75 Å². The Bertz CT molecular complexity index is 843. The smallest absolute Gasteiger partial charge is 0.230 e. The van der Waals surface area contributed by atoms with Gasteiger partial charge in [-0.25, -0.2) is 0 Å². The Morgan fingerprint density at radius 3 is 2.38 bits per heavy atom. The van der Waals surface area contributed by atoms with E-state index in [9.17, 15) is 4.79 Å². The largest absolute Gasteiger partial charge is 0.353 e. The van der Waals surface area contributed by atoms with Gasteiger partial charge < -0.3 is 5.32 Å². The van der Waals surface area contributed by atoms with Gasteiger partial charge in [-0.2, -0.15) is 0 Å². The molecule has 4 rings (SSSR count). The highest BCUT2D eigenvalue weighted by molar-refractivity contribution is 7.99. The van der Waals surface area contributed by atoms with E-state index in [1.165, 1.54) is 36.6 Å². The van der Waals surface area contributed by atoms with Gasteiger partial charge in [0.2, 0.25) is 5.91 Å². The van der Waals surface area contributed by atoms with Crippen molar-refractivity contribution in [3.63, 3.8) is 0 Å². The van der Waals surface area contributed by atoms with Crippen LogP contribution in [0.15, 0.2) is 29.4 Å². The third-order valence-electron chi connectivity index (χ3n) is 5.89. The number of rotatable bonds is 6. The molecule has 1 aromatic heterocycles. The summed E-state index contributed by atoms with van der Waals surface area (Å²) in [5, 5.41) is 13.0. The maximum Gasteiger partial charge on any atom is 0.230 e. The molecule has 0 radical (unpaired) electrons. The Labute approximate surface area is 178 Å². The third kappa shape index (κ3) is 5.03. The molecule has 2 fully saturated rings. The van der Waals surface area contributed by atoms with Crippen LogP contribution in [0.3, 0.4) is 0 Å². The van der Waals surface area contributed by atoms with Crippen LogP contribution in [0.5, 0.6) is 0 Å². The molecule has 0 atom stereocenters. The average molecular weight is 413 g/mol. The van der Waals surface area contributed by atoms with Gasteiger partial charge in [-0.3, -0.25) is 9.36 Å². The summed E-state index contributed by atoms with van der Waals surface area (Å²) in [7, 11) is 0. The highest BCUT2D eigenvalue weighted by Crippen LogP contribution is 2.36. The second kappa shape index (κ2) is 8.50. The minimum absolute atomic E-state index is 0.103. The van der Waals surface area contributed by atoms with E-state index >= 15 is 0 Å². The van der Waals surface area contributed by atoms with Crippen LogP contribution in [0.2, 0.25) is 0 Å². The predicted octanol–water partition coefficient (Wildman–Crippen LogP) is 5.12. The molecule has 2 aliphatic rings. The Kier molecular flexibility index (Phi) is 6.00. The number of carbonyl (C=O) groups excluding carboxylic acids is 1. The van der Waals surface area contributed by atoms with Crippen molar-refractivity contribution in [1.29, 1.82) is 0 Å². The maximum atomic E-state index is 12.2. The molecule has 6 heteroatoms. The van der Waals surface area contributed by atoms with Crippen LogP contribution < -0.4 is 5.32 Å². The number of benzene rings is 1. The summed E-state index contributed by atoms with van der Waals surface area (Å²) in [5.41, 5.74) is 2.55. The zero-order valence-electron chi connectivity index (χ0n) is 17.8. The summed E-state index contributed by atoms with van der Waals surface area (Å²) in [6.45, 7) is 6.69. The number of hydrogen-bond acceptors (Lipinski definition) is 4. The average Bonchev–Trinajstić information content (AvgIpc) is 3.42. The van der Waals surface area contributed by atoms with Gasteiger partial charge in [-0.15, -0.1) is 10.2 Å². The van der Waals surface area contributed by atoms with Crippen LogP contribution in [0.1, 0.15) is 77.3 Å². The van der Waals surface area contributed by atoms with Gasteiger partial charge in [-0.05, 0) is 36.7 Å². The Hall–Kier alpha value is -1.82. The normalized spacial score (nSPS) is 18.0. The van der Waals surface area contributed by atoms with Crippen molar-refractivity contribution in [3.8, 4) is 11.4 Å². The van der Waals surface area contributed by atoms with E-state index in [0.717, 1.165) is 42.2 Å². The number of thioether (sulfide) groups is 1. The first-order valence-corrected chi connectivity index (χ1v) is 11.9. The molecule has 29 heavy (non-hydrogen) atoms. The second-order valence-corrected chi connectivity index (χ2v) is 10.4.